The van der Waals surface area contributed by atoms with Crippen LogP contribution in [0.5, 0.6) is 5.75 Å². The number of aryl methyl sites for hydroxylation is 3. The van der Waals surface area contributed by atoms with Crippen molar-refractivity contribution in [3.05, 3.63) is 88.7 Å². The Kier molecular flexibility index (Phi) is 11.7. The van der Waals surface area contributed by atoms with Gasteiger partial charge in [0.25, 0.3) is 0 Å². The minimum absolute atomic E-state index is 0.0281. The van der Waals surface area contributed by atoms with Crippen LogP contribution < -0.4 is 9.64 Å². The van der Waals surface area contributed by atoms with E-state index in [1.165, 1.54) is 0 Å². The highest BCUT2D eigenvalue weighted by Gasteiger charge is 2.22. The number of carboxylic acids is 1. The lowest BCUT2D eigenvalue weighted by Crippen LogP contribution is -2.27. The molecule has 0 saturated carbocycles. The van der Waals surface area contributed by atoms with Crippen molar-refractivity contribution in [3.8, 4) is 5.75 Å². The number of aliphatic carboxylic acids is 1. The van der Waals surface area contributed by atoms with Gasteiger partial charge in [-0.25, -0.2) is 0 Å². The Labute approximate surface area is 201 Å². The quantitative estimate of drug-likeness (QED) is 0.508. The Morgan fingerprint density at radius 3 is 2.06 bits per heavy atom. The normalized spacial score (nSPS) is 10.6. The average Bonchev–Trinajstić information content (AvgIpc) is 2.83. The molecule has 7 heteroatoms. The standard InChI is InChI=1S/C25H28N2O3.2CH2O/c1-17-7-5-6-8-23(17)24(15-25(28)29)27(4)21-9-11-22(12-10-21)30-16-20-13-18(2)26-19(3)14-20;2*1-2/h5-14,24H,15-16H2,1-4H3,(H,28,29);2*1H2. The maximum atomic E-state index is 11.5. The number of carbonyl (C=O) groups excluding carboxylic acids is 2. The van der Waals surface area contributed by atoms with Crippen LogP contribution in [-0.4, -0.2) is 36.7 Å². The minimum atomic E-state index is -0.821. The van der Waals surface area contributed by atoms with Gasteiger partial charge in [0.1, 0.15) is 25.9 Å². The first-order valence-electron chi connectivity index (χ1n) is 10.6. The number of aromatic nitrogens is 1. The van der Waals surface area contributed by atoms with Crippen molar-refractivity contribution in [1.82, 2.24) is 4.98 Å². The van der Waals surface area contributed by atoms with E-state index in [1.807, 2.05) is 107 Å². The van der Waals surface area contributed by atoms with Crippen LogP contribution in [0.3, 0.4) is 0 Å². The number of ether oxygens (including phenoxy) is 1. The number of carboxylic acid groups (broad SMARTS) is 1. The van der Waals surface area contributed by atoms with Crippen LogP contribution in [0.4, 0.5) is 5.69 Å². The summed E-state index contributed by atoms with van der Waals surface area (Å²) in [6.07, 6.45) is 0.0281. The molecule has 1 N–H and O–H groups in total. The second-order valence-electron chi connectivity index (χ2n) is 7.62. The van der Waals surface area contributed by atoms with Crippen molar-refractivity contribution < 1.29 is 24.2 Å². The number of nitrogens with zero attached hydrogens (tertiary/aromatic N) is 2. The van der Waals surface area contributed by atoms with E-state index in [4.69, 9.17) is 14.3 Å². The summed E-state index contributed by atoms with van der Waals surface area (Å²) < 4.78 is 5.93. The monoisotopic (exact) mass is 464 g/mol. The van der Waals surface area contributed by atoms with Crippen LogP contribution in [-0.2, 0) is 21.0 Å². The molecule has 0 aliphatic rings. The summed E-state index contributed by atoms with van der Waals surface area (Å²) >= 11 is 0. The summed E-state index contributed by atoms with van der Waals surface area (Å²) in [5, 5.41) is 9.44. The highest BCUT2D eigenvalue weighted by atomic mass is 16.5. The van der Waals surface area contributed by atoms with E-state index >= 15 is 0 Å². The van der Waals surface area contributed by atoms with Gasteiger partial charge in [0.2, 0.25) is 0 Å². The predicted molar refractivity (Wildman–Crippen MR) is 133 cm³/mol. The molecule has 1 heterocycles. The van der Waals surface area contributed by atoms with Gasteiger partial charge >= 0.3 is 5.97 Å². The van der Waals surface area contributed by atoms with Gasteiger partial charge < -0.3 is 24.3 Å². The fourth-order valence-corrected chi connectivity index (χ4v) is 3.71. The molecule has 1 atom stereocenters. The summed E-state index contributed by atoms with van der Waals surface area (Å²) in [6.45, 7) is 10.4. The third-order valence-corrected chi connectivity index (χ3v) is 5.17. The topological polar surface area (TPSA) is 96.8 Å². The van der Waals surface area contributed by atoms with Crippen molar-refractivity contribution in [2.45, 2.75) is 39.8 Å². The molecule has 3 rings (SSSR count). The molecule has 7 nitrogen and oxygen atoms in total. The van der Waals surface area contributed by atoms with Crippen molar-refractivity contribution in [3.63, 3.8) is 0 Å². The van der Waals surface area contributed by atoms with Gasteiger partial charge in [-0.05, 0) is 73.9 Å². The lowest BCUT2D eigenvalue weighted by Gasteiger charge is -2.30. The Hall–Kier alpha value is -4.00. The van der Waals surface area contributed by atoms with Crippen LogP contribution in [0, 0.1) is 20.8 Å². The molecule has 0 fully saturated rings. The average molecular weight is 465 g/mol. The van der Waals surface area contributed by atoms with Gasteiger partial charge in [0, 0.05) is 24.1 Å². The Morgan fingerprint density at radius 2 is 1.53 bits per heavy atom. The maximum absolute atomic E-state index is 11.5. The van der Waals surface area contributed by atoms with E-state index in [-0.39, 0.29) is 12.5 Å². The first-order valence-corrected chi connectivity index (χ1v) is 10.6. The van der Waals surface area contributed by atoms with E-state index in [1.54, 1.807) is 0 Å². The number of hydrogen-bond acceptors (Lipinski definition) is 6. The van der Waals surface area contributed by atoms with E-state index in [0.717, 1.165) is 39.5 Å². The first-order chi connectivity index (χ1) is 16.3. The van der Waals surface area contributed by atoms with Crippen LogP contribution in [0.2, 0.25) is 0 Å². The Balaban J connectivity index is 0.00000137. The van der Waals surface area contributed by atoms with Gasteiger partial charge in [0.15, 0.2) is 0 Å². The smallest absolute Gasteiger partial charge is 0.305 e. The highest BCUT2D eigenvalue weighted by Crippen LogP contribution is 2.31. The van der Waals surface area contributed by atoms with Crippen molar-refractivity contribution in [1.29, 1.82) is 0 Å². The van der Waals surface area contributed by atoms with Crippen LogP contribution >= 0.6 is 0 Å². The number of rotatable bonds is 8. The number of anilines is 1. The first kappa shape index (κ1) is 28.0. The summed E-state index contributed by atoms with van der Waals surface area (Å²) in [6, 6.07) is 19.5. The van der Waals surface area contributed by atoms with E-state index in [9.17, 15) is 9.90 Å². The lowest BCUT2D eigenvalue weighted by atomic mass is 9.97. The summed E-state index contributed by atoms with van der Waals surface area (Å²) in [5.74, 6) is -0.0528. The van der Waals surface area contributed by atoms with Gasteiger partial charge in [-0.3, -0.25) is 9.78 Å². The van der Waals surface area contributed by atoms with Crippen LogP contribution in [0.15, 0.2) is 60.7 Å². The zero-order valence-electron chi connectivity index (χ0n) is 20.2. The number of benzene rings is 2. The SMILES string of the molecule is C=O.C=O.Cc1cc(COc2ccc(N(C)C(CC(=O)O)c3ccccc3C)cc2)cc(C)n1. The number of carbonyl (C=O) groups is 3. The van der Waals surface area contributed by atoms with E-state index in [0.29, 0.717) is 6.61 Å². The van der Waals surface area contributed by atoms with Crippen LogP contribution in [0.25, 0.3) is 0 Å². The third kappa shape index (κ3) is 8.16. The molecule has 180 valence electrons. The summed E-state index contributed by atoms with van der Waals surface area (Å²) in [4.78, 5) is 33.9. The van der Waals surface area contributed by atoms with Gasteiger partial charge in [0.05, 0.1) is 12.5 Å². The molecule has 3 aromatic rings. The fraction of sp³-hybridized carbons (Fsp3) is 0.259. The second-order valence-corrected chi connectivity index (χ2v) is 7.62. The molecule has 0 saturated heterocycles. The van der Waals surface area contributed by atoms with Crippen molar-refractivity contribution in [2.75, 3.05) is 11.9 Å². The molecule has 1 unspecified atom stereocenters. The Morgan fingerprint density at radius 1 is 0.971 bits per heavy atom. The third-order valence-electron chi connectivity index (χ3n) is 5.17. The molecule has 0 bridgehead atoms. The van der Waals surface area contributed by atoms with E-state index < -0.39 is 5.97 Å². The maximum Gasteiger partial charge on any atom is 0.305 e. The lowest BCUT2D eigenvalue weighted by molar-refractivity contribution is -0.137. The molecule has 0 aliphatic heterocycles. The van der Waals surface area contributed by atoms with Gasteiger partial charge in [-0.1, -0.05) is 24.3 Å². The molecule has 0 amide bonds. The number of pyridine rings is 1. The molecule has 1 aromatic heterocycles. The zero-order valence-corrected chi connectivity index (χ0v) is 20.2. The zero-order chi connectivity index (χ0) is 25.7. The van der Waals surface area contributed by atoms with Crippen molar-refractivity contribution in [2.24, 2.45) is 0 Å². The summed E-state index contributed by atoms with van der Waals surface area (Å²) in [7, 11) is 1.93. The van der Waals surface area contributed by atoms with Gasteiger partial charge in [-0.2, -0.15) is 0 Å². The Bertz CT molecular complexity index is 1030. The molecule has 0 radical (unpaired) electrons. The van der Waals surface area contributed by atoms with Crippen LogP contribution in [0.1, 0.15) is 40.5 Å². The molecular weight excluding hydrogens is 432 g/mol. The summed E-state index contributed by atoms with van der Waals surface area (Å²) in [5.41, 5.74) is 6.08. The minimum Gasteiger partial charge on any atom is -0.489 e. The molecular formula is C27H32N2O5. The molecule has 2 aromatic carbocycles. The fourth-order valence-electron chi connectivity index (χ4n) is 3.71. The molecule has 0 aliphatic carbocycles. The number of hydrogen-bond donors (Lipinski definition) is 1. The highest BCUT2D eigenvalue weighted by molar-refractivity contribution is 5.69. The van der Waals surface area contributed by atoms with E-state index in [2.05, 4.69) is 4.98 Å². The van der Waals surface area contributed by atoms with Crippen molar-refractivity contribution >= 4 is 25.2 Å². The predicted octanol–water partition coefficient (Wildman–Crippen LogP) is 4.87. The molecule has 34 heavy (non-hydrogen) atoms. The largest absolute Gasteiger partial charge is 0.489 e. The second kappa shape index (κ2) is 14.2. The molecule has 0 spiro atoms. The van der Waals surface area contributed by atoms with Gasteiger partial charge in [-0.15, -0.1) is 0 Å².